The van der Waals surface area contributed by atoms with Crippen molar-refractivity contribution in [3.8, 4) is 17.6 Å². The van der Waals surface area contributed by atoms with E-state index >= 15 is 0 Å². The van der Waals surface area contributed by atoms with Crippen LogP contribution in [0.5, 0.6) is 11.5 Å². The Hall–Kier alpha value is -4.11. The van der Waals surface area contributed by atoms with Gasteiger partial charge in [-0.25, -0.2) is 0 Å². The summed E-state index contributed by atoms with van der Waals surface area (Å²) in [5.74, 6) is 1.12. The number of hydrogen-bond donors (Lipinski definition) is 0. The molecule has 0 unspecified atom stereocenters. The highest BCUT2D eigenvalue weighted by Gasteiger charge is 2.38. The van der Waals surface area contributed by atoms with Gasteiger partial charge in [0.25, 0.3) is 0 Å². The van der Waals surface area contributed by atoms with Gasteiger partial charge in [0.1, 0.15) is 29.3 Å². The van der Waals surface area contributed by atoms with E-state index in [-0.39, 0.29) is 12.7 Å². The second-order valence-corrected chi connectivity index (χ2v) is 15.1. The zero-order chi connectivity index (χ0) is 38.8. The van der Waals surface area contributed by atoms with Gasteiger partial charge >= 0.3 is 0 Å². The molecule has 0 saturated carbocycles. The van der Waals surface area contributed by atoms with Crippen LogP contribution in [0.4, 0.5) is 0 Å². The zero-order valence-corrected chi connectivity index (χ0v) is 34.1. The van der Waals surface area contributed by atoms with E-state index in [1.807, 2.05) is 38.1 Å². The third-order valence-corrected chi connectivity index (χ3v) is 10.2. The predicted molar refractivity (Wildman–Crippen MR) is 227 cm³/mol. The lowest BCUT2D eigenvalue weighted by atomic mass is 9.80. The van der Waals surface area contributed by atoms with E-state index in [0.29, 0.717) is 30.3 Å². The Kier molecular flexibility index (Phi) is 20.5. The van der Waals surface area contributed by atoms with Gasteiger partial charge < -0.3 is 18.9 Å². The van der Waals surface area contributed by atoms with Crippen molar-refractivity contribution >= 4 is 0 Å². The molecule has 0 saturated heterocycles. The van der Waals surface area contributed by atoms with Crippen LogP contribution in [0.25, 0.3) is 0 Å². The molecule has 0 N–H and O–H groups in total. The van der Waals surface area contributed by atoms with Crippen molar-refractivity contribution in [3.05, 3.63) is 131 Å². The van der Waals surface area contributed by atoms with Crippen molar-refractivity contribution in [3.63, 3.8) is 0 Å². The molecule has 0 radical (unpaired) electrons. The fourth-order valence-corrected chi connectivity index (χ4v) is 7.28. The lowest BCUT2D eigenvalue weighted by molar-refractivity contribution is -0.0553. The minimum absolute atomic E-state index is 0.0761. The van der Waals surface area contributed by atoms with Gasteiger partial charge in [-0.05, 0) is 49.1 Å². The molecule has 0 bridgehead atoms. The topological polar surface area (TPSA) is 60.7 Å². The predicted octanol–water partition coefficient (Wildman–Crippen LogP) is 13.4. The maximum atomic E-state index is 9.71. The minimum Gasteiger partial charge on any atom is -0.489 e. The number of hydrogen-bond acceptors (Lipinski definition) is 5. The second-order valence-electron chi connectivity index (χ2n) is 15.1. The molecule has 4 rings (SSSR count). The summed E-state index contributed by atoms with van der Waals surface area (Å²) < 4.78 is 26.1. The van der Waals surface area contributed by atoms with Crippen molar-refractivity contribution in [2.24, 2.45) is 0 Å². The number of nitrogens with zero attached hydrogens (tertiary/aromatic N) is 1. The maximum absolute atomic E-state index is 9.71. The minimum atomic E-state index is -0.879. The highest BCUT2D eigenvalue weighted by atomic mass is 16.6. The van der Waals surface area contributed by atoms with Crippen LogP contribution in [0.2, 0.25) is 0 Å². The van der Waals surface area contributed by atoms with Crippen LogP contribution in [0.3, 0.4) is 0 Å². The molecule has 0 aliphatic rings. The van der Waals surface area contributed by atoms with Crippen molar-refractivity contribution in [1.82, 2.24) is 0 Å². The van der Waals surface area contributed by atoms with Crippen LogP contribution in [0.15, 0.2) is 109 Å². The third kappa shape index (κ3) is 15.2. The summed E-state index contributed by atoms with van der Waals surface area (Å²) in [6.45, 7) is 7.50. The van der Waals surface area contributed by atoms with Gasteiger partial charge in [-0.15, -0.1) is 0 Å². The van der Waals surface area contributed by atoms with Crippen LogP contribution in [0, 0.1) is 11.3 Å². The smallest absolute Gasteiger partial charge is 0.145 e. The molecule has 0 aliphatic heterocycles. The van der Waals surface area contributed by atoms with Gasteiger partial charge in [0.2, 0.25) is 0 Å². The summed E-state index contributed by atoms with van der Waals surface area (Å²) in [4.78, 5) is 0. The third-order valence-electron chi connectivity index (χ3n) is 10.2. The molecule has 0 amide bonds. The molecule has 4 aromatic carbocycles. The van der Waals surface area contributed by atoms with Crippen LogP contribution in [0.1, 0.15) is 146 Å². The van der Waals surface area contributed by atoms with Crippen LogP contribution >= 0.6 is 0 Å². The van der Waals surface area contributed by atoms with Gasteiger partial charge in [0.15, 0.2) is 0 Å². The van der Waals surface area contributed by atoms with Gasteiger partial charge in [0.05, 0.1) is 24.9 Å². The zero-order valence-electron chi connectivity index (χ0n) is 34.1. The number of nitriles is 1. The van der Waals surface area contributed by atoms with Gasteiger partial charge in [-0.1, -0.05) is 194 Å². The van der Waals surface area contributed by atoms with Crippen molar-refractivity contribution in [1.29, 1.82) is 5.26 Å². The lowest BCUT2D eigenvalue weighted by Crippen LogP contribution is -2.38. The Labute approximate surface area is 333 Å². The Balaban J connectivity index is 1.34. The van der Waals surface area contributed by atoms with Crippen LogP contribution in [-0.4, -0.2) is 32.0 Å². The fourth-order valence-electron chi connectivity index (χ4n) is 7.28. The quantitative estimate of drug-likeness (QED) is 0.0409. The Morgan fingerprint density at radius 3 is 1.44 bits per heavy atom. The molecule has 0 heterocycles. The Morgan fingerprint density at radius 1 is 0.545 bits per heavy atom. The van der Waals surface area contributed by atoms with Gasteiger partial charge in [0, 0.05) is 12.7 Å². The second kappa shape index (κ2) is 25.9. The molecule has 0 aliphatic carbocycles. The van der Waals surface area contributed by atoms with E-state index in [4.69, 9.17) is 18.9 Å². The summed E-state index contributed by atoms with van der Waals surface area (Å²) in [5, 5.41) is 9.71. The highest BCUT2D eigenvalue weighted by Crippen LogP contribution is 2.40. The maximum Gasteiger partial charge on any atom is 0.145 e. The number of unbranched alkanes of at least 4 members (excludes halogenated alkanes) is 15. The van der Waals surface area contributed by atoms with E-state index in [1.54, 1.807) is 12.1 Å². The number of ether oxygens (including phenoxy) is 4. The first-order valence-corrected chi connectivity index (χ1v) is 21.3. The summed E-state index contributed by atoms with van der Waals surface area (Å²) in [7, 11) is 0. The van der Waals surface area contributed by atoms with Crippen LogP contribution in [-0.2, 0) is 15.1 Å². The molecule has 5 nitrogen and oxygen atoms in total. The molecule has 4 aromatic rings. The lowest BCUT2D eigenvalue weighted by Gasteiger charge is -2.37. The van der Waals surface area contributed by atoms with Crippen LogP contribution < -0.4 is 9.47 Å². The molecule has 0 spiro atoms. The first kappa shape index (κ1) is 43.6. The molecular formula is C50H67NO4. The van der Waals surface area contributed by atoms with E-state index < -0.39 is 11.7 Å². The number of rotatable bonds is 29. The summed E-state index contributed by atoms with van der Waals surface area (Å²) >= 11 is 0. The molecule has 0 aromatic heterocycles. The van der Waals surface area contributed by atoms with E-state index in [1.165, 1.54) is 96.3 Å². The normalized spacial score (nSPS) is 12.1. The summed E-state index contributed by atoms with van der Waals surface area (Å²) in [5.41, 5.74) is 2.70. The van der Waals surface area contributed by atoms with E-state index in [9.17, 15) is 5.26 Å². The Morgan fingerprint density at radius 2 is 1.00 bits per heavy atom. The molecular weight excluding hydrogens is 679 g/mol. The standard InChI is InChI=1S/C50H67NO4/c1-4-5-6-7-8-9-10-11-12-13-14-15-16-17-18-28-37-52-40-48(55-47-36-35-43(39-51)49(38-47)54-42(2)3)41-53-50(44-29-22-19-23-30-44,45-31-24-20-25-32-45)46-33-26-21-27-34-46/h19-27,29-36,38,42,48H,4-18,28,37,40-41H2,1-3H3/t48-/m1/s1. The molecule has 1 atom stereocenters. The summed E-state index contributed by atoms with van der Waals surface area (Å²) in [6.07, 6.45) is 21.0. The van der Waals surface area contributed by atoms with E-state index in [2.05, 4.69) is 85.8 Å². The van der Waals surface area contributed by atoms with Crippen molar-refractivity contribution < 1.29 is 18.9 Å². The first-order valence-electron chi connectivity index (χ1n) is 21.3. The average molecular weight is 746 g/mol. The molecule has 0 fully saturated rings. The average Bonchev–Trinajstić information content (AvgIpc) is 3.21. The molecule has 296 valence electrons. The first-order chi connectivity index (χ1) is 27.1. The largest absolute Gasteiger partial charge is 0.489 e. The number of benzene rings is 4. The van der Waals surface area contributed by atoms with E-state index in [0.717, 1.165) is 23.1 Å². The monoisotopic (exact) mass is 746 g/mol. The van der Waals surface area contributed by atoms with Crippen molar-refractivity contribution in [2.75, 3.05) is 19.8 Å². The summed E-state index contributed by atoms with van der Waals surface area (Å²) in [6, 6.07) is 38.8. The van der Waals surface area contributed by atoms with Gasteiger partial charge in [-0.2, -0.15) is 5.26 Å². The van der Waals surface area contributed by atoms with Gasteiger partial charge in [-0.3, -0.25) is 0 Å². The molecule has 55 heavy (non-hydrogen) atoms. The van der Waals surface area contributed by atoms with Crippen molar-refractivity contribution in [2.45, 2.75) is 141 Å². The fraction of sp³-hybridized carbons (Fsp3) is 0.500. The molecule has 5 heteroatoms. The Bertz CT molecular complexity index is 1500. The SMILES string of the molecule is CCCCCCCCCCCCCCCCCCOC[C@H](COC(c1ccccc1)(c1ccccc1)c1ccccc1)Oc1ccc(C#N)c(OC(C)C)c1. The highest BCUT2D eigenvalue weighted by molar-refractivity contribution is 5.48.